The predicted molar refractivity (Wildman–Crippen MR) is 117 cm³/mol. The van der Waals surface area contributed by atoms with Gasteiger partial charge in [0.25, 0.3) is 0 Å². The van der Waals surface area contributed by atoms with Gasteiger partial charge in [-0.1, -0.05) is 41.8 Å². The molecule has 2 aromatic carbocycles. The van der Waals surface area contributed by atoms with E-state index in [1.165, 1.54) is 16.8 Å². The minimum Gasteiger partial charge on any atom is -0.369 e. The van der Waals surface area contributed by atoms with Gasteiger partial charge in [-0.05, 0) is 56.1 Å². The van der Waals surface area contributed by atoms with Crippen LogP contribution in [0.25, 0.3) is 0 Å². The number of carbonyl (C=O) groups excluding carboxylic acids is 1. The van der Waals surface area contributed by atoms with Gasteiger partial charge in [0.2, 0.25) is 5.91 Å². The van der Waals surface area contributed by atoms with Gasteiger partial charge in [-0.2, -0.15) is 0 Å². The van der Waals surface area contributed by atoms with Crippen molar-refractivity contribution in [1.82, 2.24) is 4.90 Å². The predicted octanol–water partition coefficient (Wildman–Crippen LogP) is 4.68. The molecule has 2 aliphatic rings. The third kappa shape index (κ3) is 4.34. The lowest BCUT2D eigenvalue weighted by atomic mass is 9.94. The summed E-state index contributed by atoms with van der Waals surface area (Å²) in [7, 11) is 0. The first-order chi connectivity index (χ1) is 13.6. The Morgan fingerprint density at radius 1 is 1.07 bits per heavy atom. The molecule has 0 radical (unpaired) electrons. The molecule has 4 rings (SSSR count). The summed E-state index contributed by atoms with van der Waals surface area (Å²) in [6, 6.07) is 14.4. The molecular weight excluding hydrogens is 370 g/mol. The summed E-state index contributed by atoms with van der Waals surface area (Å²) in [4.78, 5) is 17.2. The molecule has 0 bridgehead atoms. The highest BCUT2D eigenvalue weighted by atomic mass is 35.5. The molecule has 5 heteroatoms. The SMILES string of the molecule is Cc1ccc2c(c1)C(CCCCN1CCN(c3cccc(Cl)c3)CC1)C(=O)N2. The molecular formula is C23H28ClN3O. The van der Waals surface area contributed by atoms with Crippen LogP contribution in [0.3, 0.4) is 0 Å². The van der Waals surface area contributed by atoms with Crippen LogP contribution >= 0.6 is 11.6 Å². The molecule has 148 valence electrons. The fourth-order valence-electron chi connectivity index (χ4n) is 4.32. The number of nitrogens with one attached hydrogen (secondary N) is 1. The van der Waals surface area contributed by atoms with Crippen LogP contribution in [0.5, 0.6) is 0 Å². The summed E-state index contributed by atoms with van der Waals surface area (Å²) in [6.45, 7) is 7.44. The lowest BCUT2D eigenvalue weighted by molar-refractivity contribution is -0.117. The number of amides is 1. The zero-order chi connectivity index (χ0) is 19.5. The number of unbranched alkanes of at least 4 members (excludes halogenated alkanes) is 1. The van der Waals surface area contributed by atoms with E-state index in [0.29, 0.717) is 0 Å². The van der Waals surface area contributed by atoms with Crippen molar-refractivity contribution in [2.45, 2.75) is 32.1 Å². The summed E-state index contributed by atoms with van der Waals surface area (Å²) >= 11 is 6.12. The molecule has 1 fully saturated rings. The molecule has 1 saturated heterocycles. The molecule has 2 aliphatic heterocycles. The molecule has 0 spiro atoms. The largest absolute Gasteiger partial charge is 0.369 e. The normalized spacial score (nSPS) is 19.6. The van der Waals surface area contributed by atoms with E-state index in [1.54, 1.807) is 0 Å². The molecule has 1 amide bonds. The summed E-state index contributed by atoms with van der Waals surface area (Å²) in [5.74, 6) is 0.185. The van der Waals surface area contributed by atoms with Crippen molar-refractivity contribution >= 4 is 28.9 Å². The molecule has 28 heavy (non-hydrogen) atoms. The monoisotopic (exact) mass is 397 g/mol. The molecule has 4 nitrogen and oxygen atoms in total. The van der Waals surface area contributed by atoms with Gasteiger partial charge in [-0.3, -0.25) is 9.69 Å². The lowest BCUT2D eigenvalue weighted by Gasteiger charge is -2.36. The fourth-order valence-corrected chi connectivity index (χ4v) is 4.50. The standard InChI is InChI=1S/C23H28ClN3O/c1-17-8-9-22-21(15-17)20(23(28)25-22)7-2-3-10-26-11-13-27(14-12-26)19-6-4-5-18(24)16-19/h4-6,8-9,15-16,20H,2-3,7,10-14H2,1H3,(H,25,28). The first-order valence-electron chi connectivity index (χ1n) is 10.2. The van der Waals surface area contributed by atoms with Crippen molar-refractivity contribution in [2.75, 3.05) is 42.9 Å². The minimum atomic E-state index is 0.0228. The summed E-state index contributed by atoms with van der Waals surface area (Å²) in [5, 5.41) is 3.82. The number of fused-ring (bicyclic) bond motifs is 1. The topological polar surface area (TPSA) is 35.6 Å². The van der Waals surface area contributed by atoms with Crippen molar-refractivity contribution in [3.05, 3.63) is 58.6 Å². The Morgan fingerprint density at radius 3 is 2.68 bits per heavy atom. The molecule has 1 unspecified atom stereocenters. The Labute approximate surface area is 172 Å². The van der Waals surface area contributed by atoms with E-state index in [-0.39, 0.29) is 11.8 Å². The van der Waals surface area contributed by atoms with Crippen LogP contribution in [0.4, 0.5) is 11.4 Å². The third-order valence-electron chi connectivity index (χ3n) is 5.92. The number of aryl methyl sites for hydroxylation is 1. The summed E-state index contributed by atoms with van der Waals surface area (Å²) in [6.07, 6.45) is 3.16. The van der Waals surface area contributed by atoms with E-state index < -0.39 is 0 Å². The molecule has 1 N–H and O–H groups in total. The molecule has 2 aromatic rings. The van der Waals surface area contributed by atoms with Crippen molar-refractivity contribution < 1.29 is 4.79 Å². The van der Waals surface area contributed by atoms with E-state index in [1.807, 2.05) is 24.3 Å². The summed E-state index contributed by atoms with van der Waals surface area (Å²) < 4.78 is 0. The van der Waals surface area contributed by atoms with Crippen molar-refractivity contribution in [3.8, 4) is 0 Å². The third-order valence-corrected chi connectivity index (χ3v) is 6.15. The van der Waals surface area contributed by atoms with E-state index >= 15 is 0 Å². The lowest BCUT2D eigenvalue weighted by Crippen LogP contribution is -2.46. The summed E-state index contributed by atoms with van der Waals surface area (Å²) in [5.41, 5.74) is 4.61. The number of nitrogens with zero attached hydrogens (tertiary/aromatic N) is 2. The zero-order valence-corrected chi connectivity index (χ0v) is 17.2. The molecule has 0 aliphatic carbocycles. The van der Waals surface area contributed by atoms with Crippen LogP contribution < -0.4 is 10.2 Å². The van der Waals surface area contributed by atoms with Gasteiger partial charge in [-0.15, -0.1) is 0 Å². The Morgan fingerprint density at radius 2 is 1.89 bits per heavy atom. The molecule has 1 atom stereocenters. The molecule has 0 saturated carbocycles. The zero-order valence-electron chi connectivity index (χ0n) is 16.5. The van der Waals surface area contributed by atoms with Crippen LogP contribution in [0, 0.1) is 6.92 Å². The van der Waals surface area contributed by atoms with Crippen molar-refractivity contribution in [2.24, 2.45) is 0 Å². The minimum absolute atomic E-state index is 0.0228. The van der Waals surface area contributed by atoms with Crippen LogP contribution in [0.1, 0.15) is 36.3 Å². The number of halogens is 1. The number of piperazine rings is 1. The maximum Gasteiger partial charge on any atom is 0.232 e. The van der Waals surface area contributed by atoms with Gasteiger partial charge in [-0.25, -0.2) is 0 Å². The van der Waals surface area contributed by atoms with Crippen LogP contribution in [-0.4, -0.2) is 43.5 Å². The first kappa shape index (κ1) is 19.3. The van der Waals surface area contributed by atoms with Crippen LogP contribution in [-0.2, 0) is 4.79 Å². The van der Waals surface area contributed by atoms with Gasteiger partial charge < -0.3 is 10.2 Å². The molecule has 0 aromatic heterocycles. The van der Waals surface area contributed by atoms with Crippen molar-refractivity contribution in [1.29, 1.82) is 0 Å². The highest BCUT2D eigenvalue weighted by Gasteiger charge is 2.29. The quantitative estimate of drug-likeness (QED) is 0.719. The average Bonchev–Trinajstić information content (AvgIpc) is 3.00. The van der Waals surface area contributed by atoms with Crippen LogP contribution in [0.15, 0.2) is 42.5 Å². The van der Waals surface area contributed by atoms with Gasteiger partial charge in [0, 0.05) is 42.6 Å². The first-order valence-corrected chi connectivity index (χ1v) is 10.6. The van der Waals surface area contributed by atoms with Gasteiger partial charge >= 0.3 is 0 Å². The van der Waals surface area contributed by atoms with Crippen LogP contribution in [0.2, 0.25) is 5.02 Å². The maximum atomic E-state index is 12.3. The van der Waals surface area contributed by atoms with Gasteiger partial charge in [0.15, 0.2) is 0 Å². The second-order valence-electron chi connectivity index (χ2n) is 7.94. The number of benzene rings is 2. The van der Waals surface area contributed by atoms with E-state index in [9.17, 15) is 4.79 Å². The highest BCUT2D eigenvalue weighted by Crippen LogP contribution is 2.36. The molecule has 2 heterocycles. The fraction of sp³-hybridized carbons (Fsp3) is 0.435. The smallest absolute Gasteiger partial charge is 0.232 e. The number of anilines is 2. The van der Waals surface area contributed by atoms with E-state index in [0.717, 1.165) is 62.7 Å². The van der Waals surface area contributed by atoms with Gasteiger partial charge in [0.1, 0.15) is 0 Å². The Balaban J connectivity index is 1.21. The average molecular weight is 398 g/mol. The van der Waals surface area contributed by atoms with E-state index in [4.69, 9.17) is 11.6 Å². The number of rotatable bonds is 6. The Hall–Kier alpha value is -2.04. The van der Waals surface area contributed by atoms with Gasteiger partial charge in [0.05, 0.1) is 5.92 Å². The second-order valence-corrected chi connectivity index (χ2v) is 8.37. The van der Waals surface area contributed by atoms with Crippen molar-refractivity contribution in [3.63, 3.8) is 0 Å². The second kappa shape index (κ2) is 8.54. The number of hydrogen-bond donors (Lipinski definition) is 1. The number of hydrogen-bond acceptors (Lipinski definition) is 3. The Bertz CT molecular complexity index is 845. The highest BCUT2D eigenvalue weighted by molar-refractivity contribution is 6.30. The maximum absolute atomic E-state index is 12.3. The Kier molecular flexibility index (Phi) is 5.88. The number of carbonyl (C=O) groups is 1. The van der Waals surface area contributed by atoms with E-state index in [2.05, 4.69) is 40.2 Å².